The normalized spacial score (nSPS) is 20.3. The quantitative estimate of drug-likeness (QED) is 0.635. The third kappa shape index (κ3) is 4.38. The molecule has 180 valence electrons. The molecule has 3 aliphatic rings. The monoisotopic (exact) mass is 482 g/mol. The molecule has 2 saturated heterocycles. The maximum atomic E-state index is 13.3. The van der Waals surface area contributed by atoms with Gasteiger partial charge in [-0.3, -0.25) is 9.59 Å². The van der Waals surface area contributed by atoms with Crippen molar-refractivity contribution in [3.63, 3.8) is 0 Å². The lowest BCUT2D eigenvalue weighted by Gasteiger charge is -2.45. The number of ketones is 1. The Morgan fingerprint density at radius 2 is 1.68 bits per heavy atom. The molecule has 4 heterocycles. The number of amides is 1. The highest BCUT2D eigenvalue weighted by Gasteiger charge is 2.44. The first-order valence-corrected chi connectivity index (χ1v) is 12.5. The van der Waals surface area contributed by atoms with Crippen LogP contribution >= 0.6 is 11.6 Å². The van der Waals surface area contributed by atoms with Gasteiger partial charge >= 0.3 is 0 Å². The largest absolute Gasteiger partial charge is 0.486 e. The minimum absolute atomic E-state index is 0.0237. The van der Waals surface area contributed by atoms with Gasteiger partial charge < -0.3 is 14.5 Å². The SMILES string of the molecule is Cc1cc(C)nc(N2CCC(C(=O)N3CCC4(CC3)CC(=O)c3cc(Cl)c(C)cc3O4)CC2)n1. The summed E-state index contributed by atoms with van der Waals surface area (Å²) < 4.78 is 6.38. The van der Waals surface area contributed by atoms with E-state index in [0.29, 0.717) is 48.7 Å². The summed E-state index contributed by atoms with van der Waals surface area (Å²) in [5.74, 6) is 1.71. The molecule has 0 N–H and O–H groups in total. The first kappa shape index (κ1) is 23.1. The Morgan fingerprint density at radius 1 is 1.03 bits per heavy atom. The zero-order chi connectivity index (χ0) is 24.0. The van der Waals surface area contributed by atoms with E-state index >= 15 is 0 Å². The van der Waals surface area contributed by atoms with Crippen LogP contribution in [0.2, 0.25) is 5.02 Å². The number of aromatic nitrogens is 2. The highest BCUT2D eigenvalue weighted by atomic mass is 35.5. The van der Waals surface area contributed by atoms with Gasteiger partial charge in [0.25, 0.3) is 0 Å². The van der Waals surface area contributed by atoms with Gasteiger partial charge in [-0.1, -0.05) is 11.6 Å². The molecule has 2 fully saturated rings. The number of carbonyl (C=O) groups is 2. The van der Waals surface area contributed by atoms with Crippen molar-refractivity contribution in [3.05, 3.63) is 45.7 Å². The van der Waals surface area contributed by atoms with E-state index in [1.54, 1.807) is 6.07 Å². The first-order valence-electron chi connectivity index (χ1n) is 12.1. The number of benzene rings is 1. The molecule has 1 aromatic carbocycles. The van der Waals surface area contributed by atoms with Crippen molar-refractivity contribution in [2.75, 3.05) is 31.1 Å². The maximum Gasteiger partial charge on any atom is 0.225 e. The summed E-state index contributed by atoms with van der Waals surface area (Å²) in [6.45, 7) is 8.69. The van der Waals surface area contributed by atoms with Crippen LogP contribution in [0.4, 0.5) is 5.95 Å². The predicted octanol–water partition coefficient (Wildman–Crippen LogP) is 4.30. The van der Waals surface area contributed by atoms with Gasteiger partial charge in [0.05, 0.1) is 12.0 Å². The Kier molecular flexibility index (Phi) is 6.00. The number of likely N-dealkylation sites (tertiary alicyclic amines) is 1. The van der Waals surface area contributed by atoms with Crippen molar-refractivity contribution in [2.45, 2.75) is 58.5 Å². The van der Waals surface area contributed by atoms with Gasteiger partial charge in [0.1, 0.15) is 11.4 Å². The molecule has 0 saturated carbocycles. The third-order valence-electron chi connectivity index (χ3n) is 7.45. The molecule has 2 aromatic rings. The average molecular weight is 483 g/mol. The van der Waals surface area contributed by atoms with E-state index in [1.165, 1.54) is 0 Å². The number of fused-ring (bicyclic) bond motifs is 1. The topological polar surface area (TPSA) is 75.6 Å². The molecule has 1 spiro atoms. The fraction of sp³-hybridized carbons (Fsp3) is 0.538. The molecule has 8 heteroatoms. The highest BCUT2D eigenvalue weighted by Crippen LogP contribution is 2.41. The van der Waals surface area contributed by atoms with Crippen LogP contribution in [0.25, 0.3) is 0 Å². The second-order valence-electron chi connectivity index (χ2n) is 10.0. The second-order valence-corrected chi connectivity index (χ2v) is 10.4. The van der Waals surface area contributed by atoms with Crippen molar-refractivity contribution >= 4 is 29.2 Å². The molecule has 3 aliphatic heterocycles. The van der Waals surface area contributed by atoms with E-state index in [-0.39, 0.29) is 17.6 Å². The third-order valence-corrected chi connectivity index (χ3v) is 7.86. The Balaban J connectivity index is 1.19. The van der Waals surface area contributed by atoms with Crippen LogP contribution in [0.15, 0.2) is 18.2 Å². The van der Waals surface area contributed by atoms with Crippen LogP contribution in [0.1, 0.15) is 59.4 Å². The number of carbonyl (C=O) groups excluding carboxylic acids is 2. The minimum Gasteiger partial charge on any atom is -0.486 e. The van der Waals surface area contributed by atoms with Gasteiger partial charge in [-0.15, -0.1) is 0 Å². The molecule has 0 bridgehead atoms. The van der Waals surface area contributed by atoms with Crippen LogP contribution in [0.5, 0.6) is 5.75 Å². The number of hydrogen-bond donors (Lipinski definition) is 0. The number of rotatable bonds is 2. The van der Waals surface area contributed by atoms with Gasteiger partial charge in [0.2, 0.25) is 11.9 Å². The number of hydrogen-bond acceptors (Lipinski definition) is 6. The number of Topliss-reactive ketones (excluding diaryl/α,β-unsaturated/α-hetero) is 1. The van der Waals surface area contributed by atoms with E-state index in [4.69, 9.17) is 16.3 Å². The number of ether oxygens (including phenoxy) is 1. The fourth-order valence-electron chi connectivity index (χ4n) is 5.46. The Hall–Kier alpha value is -2.67. The van der Waals surface area contributed by atoms with Gasteiger partial charge in [0.15, 0.2) is 5.78 Å². The van der Waals surface area contributed by atoms with Crippen LogP contribution in [-0.4, -0.2) is 58.3 Å². The molecule has 0 aliphatic carbocycles. The fourth-order valence-corrected chi connectivity index (χ4v) is 5.63. The van der Waals surface area contributed by atoms with Crippen molar-refractivity contribution in [2.24, 2.45) is 5.92 Å². The van der Waals surface area contributed by atoms with E-state index in [1.807, 2.05) is 37.8 Å². The Bertz CT molecular complexity index is 1110. The zero-order valence-corrected chi connectivity index (χ0v) is 20.8. The molecule has 34 heavy (non-hydrogen) atoms. The van der Waals surface area contributed by atoms with Crippen LogP contribution in [0.3, 0.4) is 0 Å². The first-order chi connectivity index (χ1) is 16.2. The molecule has 1 amide bonds. The second kappa shape index (κ2) is 8.84. The summed E-state index contributed by atoms with van der Waals surface area (Å²) in [5.41, 5.74) is 2.87. The van der Waals surface area contributed by atoms with Crippen LogP contribution in [0, 0.1) is 26.7 Å². The predicted molar refractivity (Wildman–Crippen MR) is 131 cm³/mol. The van der Waals surface area contributed by atoms with Crippen LogP contribution in [-0.2, 0) is 4.79 Å². The number of anilines is 1. The summed E-state index contributed by atoms with van der Waals surface area (Å²) >= 11 is 6.21. The maximum absolute atomic E-state index is 13.3. The van der Waals surface area contributed by atoms with Crippen molar-refractivity contribution in [1.82, 2.24) is 14.9 Å². The summed E-state index contributed by atoms with van der Waals surface area (Å²) in [6.07, 6.45) is 3.29. The molecule has 0 unspecified atom stereocenters. The minimum atomic E-state index is -0.523. The highest BCUT2D eigenvalue weighted by molar-refractivity contribution is 6.31. The van der Waals surface area contributed by atoms with Crippen LogP contribution < -0.4 is 9.64 Å². The van der Waals surface area contributed by atoms with Crippen molar-refractivity contribution in [1.29, 1.82) is 0 Å². The lowest BCUT2D eigenvalue weighted by Crippen LogP contribution is -2.54. The number of piperidine rings is 2. The molecule has 1 aromatic heterocycles. The smallest absolute Gasteiger partial charge is 0.225 e. The Labute approximate surface area is 205 Å². The summed E-state index contributed by atoms with van der Waals surface area (Å²) in [6, 6.07) is 5.55. The zero-order valence-electron chi connectivity index (χ0n) is 20.1. The van der Waals surface area contributed by atoms with E-state index in [2.05, 4.69) is 14.9 Å². The Morgan fingerprint density at radius 3 is 2.32 bits per heavy atom. The lowest BCUT2D eigenvalue weighted by molar-refractivity contribution is -0.139. The van der Waals surface area contributed by atoms with E-state index in [9.17, 15) is 9.59 Å². The summed E-state index contributed by atoms with van der Waals surface area (Å²) in [5, 5.41) is 0.585. The molecule has 5 rings (SSSR count). The number of nitrogens with zero attached hydrogens (tertiary/aromatic N) is 4. The van der Waals surface area contributed by atoms with Gasteiger partial charge in [-0.05, 0) is 57.4 Å². The molecular formula is C26H31ClN4O3. The summed E-state index contributed by atoms with van der Waals surface area (Å²) in [4.78, 5) is 39.4. The van der Waals surface area contributed by atoms with Gasteiger partial charge in [0, 0.05) is 61.3 Å². The van der Waals surface area contributed by atoms with Crippen molar-refractivity contribution in [3.8, 4) is 5.75 Å². The number of halogens is 1. The molecular weight excluding hydrogens is 452 g/mol. The lowest BCUT2D eigenvalue weighted by atomic mass is 9.81. The molecule has 0 atom stereocenters. The van der Waals surface area contributed by atoms with Gasteiger partial charge in [-0.25, -0.2) is 9.97 Å². The van der Waals surface area contributed by atoms with E-state index < -0.39 is 5.60 Å². The molecule has 0 radical (unpaired) electrons. The average Bonchev–Trinajstić information content (AvgIpc) is 2.80. The molecule has 7 nitrogen and oxygen atoms in total. The van der Waals surface area contributed by atoms with Gasteiger partial charge in [-0.2, -0.15) is 0 Å². The standard InChI is InChI=1S/C26H31ClN4O3/c1-16-12-23-20(14-21(16)27)22(32)15-26(34-23)6-10-30(11-7-26)24(33)19-4-8-31(9-5-19)25-28-17(2)13-18(3)29-25/h12-14,19H,4-11,15H2,1-3H3. The number of aryl methyl sites for hydroxylation is 3. The van der Waals surface area contributed by atoms with Crippen molar-refractivity contribution < 1.29 is 14.3 Å². The van der Waals surface area contributed by atoms with E-state index in [0.717, 1.165) is 48.8 Å². The summed E-state index contributed by atoms with van der Waals surface area (Å²) in [7, 11) is 0.